The highest BCUT2D eigenvalue weighted by Gasteiger charge is 2.35. The van der Waals surface area contributed by atoms with E-state index in [4.69, 9.17) is 0 Å². The summed E-state index contributed by atoms with van der Waals surface area (Å²) in [5, 5.41) is 29.1. The van der Waals surface area contributed by atoms with Crippen LogP contribution in [-0.2, 0) is 0 Å². The first-order valence-electron chi connectivity index (χ1n) is 7.70. The van der Waals surface area contributed by atoms with Gasteiger partial charge in [-0.3, -0.25) is 4.90 Å². The Hall–Kier alpha value is -1.14. The maximum Gasteiger partial charge on any atom is 0.108 e. The molecule has 4 atom stereocenters. The number of benzene rings is 1. The van der Waals surface area contributed by atoms with Gasteiger partial charge in [-0.15, -0.1) is 0 Å². The van der Waals surface area contributed by atoms with E-state index in [1.165, 1.54) is 5.69 Å². The van der Waals surface area contributed by atoms with Crippen LogP contribution in [0, 0.1) is 5.92 Å². The molecule has 3 rings (SSSR count). The van der Waals surface area contributed by atoms with Crippen molar-refractivity contribution in [3.63, 3.8) is 0 Å². The average Bonchev–Trinajstić information content (AvgIpc) is 2.94. The van der Waals surface area contributed by atoms with Crippen molar-refractivity contribution in [1.82, 2.24) is 4.90 Å². The van der Waals surface area contributed by atoms with Crippen LogP contribution >= 0.6 is 0 Å². The van der Waals surface area contributed by atoms with Gasteiger partial charge in [-0.05, 0) is 24.5 Å². The van der Waals surface area contributed by atoms with Gasteiger partial charge in [0.15, 0.2) is 0 Å². The third kappa shape index (κ3) is 3.37. The van der Waals surface area contributed by atoms with Gasteiger partial charge in [0.2, 0.25) is 0 Å². The molecule has 0 bridgehead atoms. The average molecular weight is 292 g/mol. The van der Waals surface area contributed by atoms with Gasteiger partial charge in [0.05, 0.1) is 12.2 Å². The number of para-hydroxylation sites is 1. The molecule has 1 unspecified atom stereocenters. The van der Waals surface area contributed by atoms with Gasteiger partial charge in [-0.2, -0.15) is 0 Å². The number of rotatable bonds is 3. The lowest BCUT2D eigenvalue weighted by Gasteiger charge is -2.38. The van der Waals surface area contributed by atoms with Crippen LogP contribution < -0.4 is 4.90 Å². The molecule has 2 aliphatic heterocycles. The zero-order chi connectivity index (χ0) is 14.8. The van der Waals surface area contributed by atoms with Crippen molar-refractivity contribution in [1.29, 1.82) is 0 Å². The van der Waals surface area contributed by atoms with Crippen molar-refractivity contribution in [2.75, 3.05) is 37.6 Å². The van der Waals surface area contributed by atoms with E-state index in [9.17, 15) is 15.3 Å². The first-order chi connectivity index (χ1) is 10.1. The number of likely N-dealkylation sites (tertiary alicyclic amines) is 1. The highest BCUT2D eigenvalue weighted by atomic mass is 16.4. The van der Waals surface area contributed by atoms with Gasteiger partial charge in [0.1, 0.15) is 6.10 Å². The molecule has 1 aromatic carbocycles. The van der Waals surface area contributed by atoms with Crippen LogP contribution in [0.15, 0.2) is 30.3 Å². The Balaban J connectivity index is 1.53. The van der Waals surface area contributed by atoms with Crippen LogP contribution in [0.4, 0.5) is 5.69 Å². The van der Waals surface area contributed by atoms with Crippen LogP contribution in [0.3, 0.4) is 0 Å². The standard InChI is InChI=1S/C16H24N2O3/c19-14-10-17(11-15(20)16(14)21)8-12-6-7-18(9-12)13-4-2-1-3-5-13/h1-5,12,14-16,19-21H,6-11H2/t12-,14-,15+,16?/m1/s1. The van der Waals surface area contributed by atoms with E-state index < -0.39 is 18.3 Å². The van der Waals surface area contributed by atoms with E-state index in [-0.39, 0.29) is 0 Å². The number of nitrogens with zero attached hydrogens (tertiary/aromatic N) is 2. The molecule has 2 saturated heterocycles. The van der Waals surface area contributed by atoms with E-state index in [2.05, 4.69) is 34.1 Å². The number of aliphatic hydroxyl groups is 3. The number of hydrogen-bond donors (Lipinski definition) is 3. The molecule has 0 radical (unpaired) electrons. The van der Waals surface area contributed by atoms with Crippen molar-refractivity contribution in [2.24, 2.45) is 5.92 Å². The monoisotopic (exact) mass is 292 g/mol. The maximum atomic E-state index is 9.76. The molecule has 116 valence electrons. The highest BCUT2D eigenvalue weighted by molar-refractivity contribution is 5.46. The molecule has 2 heterocycles. The van der Waals surface area contributed by atoms with E-state index in [1.54, 1.807) is 0 Å². The van der Waals surface area contributed by atoms with Gasteiger partial charge in [-0.25, -0.2) is 0 Å². The summed E-state index contributed by atoms with van der Waals surface area (Å²) in [4.78, 5) is 4.46. The quantitative estimate of drug-likeness (QED) is 0.727. The van der Waals surface area contributed by atoms with E-state index >= 15 is 0 Å². The summed E-state index contributed by atoms with van der Waals surface area (Å²) in [5.74, 6) is 0.542. The first-order valence-corrected chi connectivity index (χ1v) is 7.70. The first kappa shape index (κ1) is 14.8. The van der Waals surface area contributed by atoms with Crippen molar-refractivity contribution >= 4 is 5.69 Å². The summed E-state index contributed by atoms with van der Waals surface area (Å²) in [7, 11) is 0. The molecular formula is C16H24N2O3. The smallest absolute Gasteiger partial charge is 0.108 e. The van der Waals surface area contributed by atoms with Gasteiger partial charge < -0.3 is 20.2 Å². The Bertz CT molecular complexity index is 444. The Labute approximate surface area is 125 Å². The lowest BCUT2D eigenvalue weighted by Crippen LogP contribution is -2.56. The van der Waals surface area contributed by atoms with Gasteiger partial charge >= 0.3 is 0 Å². The molecule has 3 N–H and O–H groups in total. The summed E-state index contributed by atoms with van der Waals surface area (Å²) < 4.78 is 0. The Kier molecular flexibility index (Phi) is 4.45. The van der Waals surface area contributed by atoms with Crippen LogP contribution in [0.25, 0.3) is 0 Å². The minimum atomic E-state index is -1.01. The Morgan fingerprint density at radius 1 is 0.952 bits per heavy atom. The van der Waals surface area contributed by atoms with Gasteiger partial charge in [0, 0.05) is 38.4 Å². The third-order valence-electron chi connectivity index (χ3n) is 4.60. The molecule has 5 nitrogen and oxygen atoms in total. The highest BCUT2D eigenvalue weighted by Crippen LogP contribution is 2.25. The van der Waals surface area contributed by atoms with E-state index in [0.717, 1.165) is 26.1 Å². The minimum absolute atomic E-state index is 0.445. The van der Waals surface area contributed by atoms with Crippen LogP contribution in [0.1, 0.15) is 6.42 Å². The molecular weight excluding hydrogens is 268 g/mol. The van der Waals surface area contributed by atoms with Crippen LogP contribution in [0.5, 0.6) is 0 Å². The van der Waals surface area contributed by atoms with Gasteiger partial charge in [-0.1, -0.05) is 18.2 Å². The molecule has 0 amide bonds. The number of anilines is 1. The normalized spacial score (nSPS) is 34.3. The van der Waals surface area contributed by atoms with Crippen molar-refractivity contribution in [3.05, 3.63) is 30.3 Å². The second kappa shape index (κ2) is 6.32. The van der Waals surface area contributed by atoms with Gasteiger partial charge in [0.25, 0.3) is 0 Å². The van der Waals surface area contributed by atoms with Crippen molar-refractivity contribution in [3.8, 4) is 0 Å². The topological polar surface area (TPSA) is 67.2 Å². The summed E-state index contributed by atoms with van der Waals surface area (Å²) in [6.07, 6.45) is -1.58. The second-order valence-electron chi connectivity index (χ2n) is 6.28. The third-order valence-corrected chi connectivity index (χ3v) is 4.60. The zero-order valence-corrected chi connectivity index (χ0v) is 12.2. The van der Waals surface area contributed by atoms with Crippen LogP contribution in [-0.4, -0.2) is 71.3 Å². The summed E-state index contributed by atoms with van der Waals surface area (Å²) in [6.45, 7) is 3.82. The van der Waals surface area contributed by atoms with Crippen molar-refractivity contribution < 1.29 is 15.3 Å². The van der Waals surface area contributed by atoms with E-state index in [0.29, 0.717) is 19.0 Å². The largest absolute Gasteiger partial charge is 0.389 e. The fourth-order valence-corrected chi connectivity index (χ4v) is 3.45. The number of hydrogen-bond acceptors (Lipinski definition) is 5. The number of aliphatic hydroxyl groups excluding tert-OH is 3. The summed E-state index contributed by atoms with van der Waals surface area (Å²) in [5.41, 5.74) is 1.26. The maximum absolute atomic E-state index is 9.76. The molecule has 0 aromatic heterocycles. The Morgan fingerprint density at radius 3 is 2.29 bits per heavy atom. The SMILES string of the molecule is OC1[C@H](O)CN(C[C@H]2CCN(c3ccccc3)C2)C[C@@H]1O. The lowest BCUT2D eigenvalue weighted by atomic mass is 10.00. The molecule has 5 heteroatoms. The molecule has 21 heavy (non-hydrogen) atoms. The molecule has 0 aliphatic carbocycles. The van der Waals surface area contributed by atoms with E-state index in [1.807, 2.05) is 6.07 Å². The molecule has 2 aliphatic rings. The minimum Gasteiger partial charge on any atom is -0.389 e. The number of β-amino-alcohol motifs (C(OH)–C–C–N with tert-alkyl or cyclic N) is 2. The molecule has 0 saturated carbocycles. The predicted octanol–water partition coefficient (Wildman–Crippen LogP) is -0.0888. The zero-order valence-electron chi connectivity index (χ0n) is 12.2. The van der Waals surface area contributed by atoms with Crippen molar-refractivity contribution in [2.45, 2.75) is 24.7 Å². The molecule has 2 fully saturated rings. The Morgan fingerprint density at radius 2 is 1.62 bits per heavy atom. The fraction of sp³-hybridized carbons (Fsp3) is 0.625. The molecule has 1 aromatic rings. The second-order valence-corrected chi connectivity index (χ2v) is 6.28. The van der Waals surface area contributed by atoms with Crippen LogP contribution in [0.2, 0.25) is 0 Å². The fourth-order valence-electron chi connectivity index (χ4n) is 3.45. The summed E-state index contributed by atoms with van der Waals surface area (Å²) in [6, 6.07) is 10.4. The predicted molar refractivity (Wildman–Crippen MR) is 81.2 cm³/mol. The lowest BCUT2D eigenvalue weighted by molar-refractivity contribution is -0.111. The molecule has 0 spiro atoms. The number of piperidine rings is 1. The summed E-state index contributed by atoms with van der Waals surface area (Å²) >= 11 is 0.